The van der Waals surface area contributed by atoms with Crippen molar-refractivity contribution in [2.24, 2.45) is 5.92 Å². The smallest absolute Gasteiger partial charge is 0.231 e. The summed E-state index contributed by atoms with van der Waals surface area (Å²) >= 11 is 31.4. The Balaban J connectivity index is 1.50. The van der Waals surface area contributed by atoms with E-state index in [0.717, 1.165) is 16.8 Å². The molecule has 1 amide bonds. The van der Waals surface area contributed by atoms with Gasteiger partial charge in [-0.1, -0.05) is 46.9 Å². The monoisotopic (exact) mass is 568 g/mol. The Labute approximate surface area is 228 Å². The molecule has 2 N–H and O–H groups in total. The van der Waals surface area contributed by atoms with Crippen LogP contribution in [-0.4, -0.2) is 23.1 Å². The number of amides is 1. The lowest BCUT2D eigenvalue weighted by Gasteiger charge is -2.11. The van der Waals surface area contributed by atoms with E-state index in [-0.39, 0.29) is 18.1 Å². The molecule has 3 aromatic rings. The molecule has 182 valence electrons. The number of aryl methyl sites for hydroxylation is 1. The number of ketones is 1. The number of nitrogens with one attached hydrogen (secondary N) is 2. The minimum atomic E-state index is -1.31. The SMILES string of the molecule is CNc1ccc(CC(=O)c2cc(NC(=O)C3C(c4cc(Cl)cc(Cl)c4)C3(Cl)Cl)ccc2Cl)cc1C. The number of Topliss-reactive ketones (excluding diaryl/α,β-unsaturated/α-hetero) is 1. The number of halogens is 5. The fourth-order valence-corrected chi connectivity index (χ4v) is 5.85. The van der Waals surface area contributed by atoms with Crippen LogP contribution >= 0.6 is 58.0 Å². The minimum absolute atomic E-state index is 0.162. The van der Waals surface area contributed by atoms with E-state index < -0.39 is 16.2 Å². The molecule has 1 saturated carbocycles. The van der Waals surface area contributed by atoms with Gasteiger partial charge in [0, 0.05) is 46.4 Å². The highest BCUT2D eigenvalue weighted by molar-refractivity contribution is 6.53. The van der Waals surface area contributed by atoms with Crippen molar-refractivity contribution in [1.29, 1.82) is 0 Å². The molecule has 0 radical (unpaired) electrons. The number of benzene rings is 3. The van der Waals surface area contributed by atoms with Crippen LogP contribution in [0.5, 0.6) is 0 Å². The first-order valence-corrected chi connectivity index (χ1v) is 12.6. The molecule has 0 aromatic heterocycles. The van der Waals surface area contributed by atoms with Crippen LogP contribution in [0.4, 0.5) is 11.4 Å². The Hall–Kier alpha value is -1.95. The van der Waals surface area contributed by atoms with Gasteiger partial charge in [0.2, 0.25) is 5.91 Å². The fourth-order valence-electron chi connectivity index (χ4n) is 4.26. The lowest BCUT2D eigenvalue weighted by atomic mass is 10.0. The number of alkyl halides is 2. The summed E-state index contributed by atoms with van der Waals surface area (Å²) in [5.74, 6) is -1.73. The van der Waals surface area contributed by atoms with Crippen molar-refractivity contribution in [2.75, 3.05) is 17.7 Å². The summed E-state index contributed by atoms with van der Waals surface area (Å²) in [7, 11) is 1.85. The summed E-state index contributed by atoms with van der Waals surface area (Å²) in [5.41, 5.74) is 4.32. The van der Waals surface area contributed by atoms with Crippen molar-refractivity contribution in [3.63, 3.8) is 0 Å². The molecule has 2 atom stereocenters. The zero-order chi connectivity index (χ0) is 25.5. The first-order valence-electron chi connectivity index (χ1n) is 10.8. The van der Waals surface area contributed by atoms with E-state index in [1.807, 2.05) is 32.2 Å². The van der Waals surface area contributed by atoms with Gasteiger partial charge in [-0.15, -0.1) is 23.2 Å². The number of carbonyl (C=O) groups excluding carboxylic acids is 2. The zero-order valence-electron chi connectivity index (χ0n) is 18.8. The quantitative estimate of drug-likeness (QED) is 0.224. The van der Waals surface area contributed by atoms with E-state index in [2.05, 4.69) is 10.6 Å². The van der Waals surface area contributed by atoms with E-state index in [9.17, 15) is 9.59 Å². The molecule has 0 aliphatic heterocycles. The maximum absolute atomic E-state index is 13.0. The van der Waals surface area contributed by atoms with Crippen LogP contribution in [0.3, 0.4) is 0 Å². The molecule has 1 aliphatic rings. The molecule has 4 nitrogen and oxygen atoms in total. The third-order valence-electron chi connectivity index (χ3n) is 6.04. The van der Waals surface area contributed by atoms with Gasteiger partial charge in [0.05, 0.1) is 10.9 Å². The Morgan fingerprint density at radius 2 is 1.63 bits per heavy atom. The van der Waals surface area contributed by atoms with Crippen molar-refractivity contribution in [2.45, 2.75) is 23.6 Å². The summed E-state index contributed by atoms with van der Waals surface area (Å²) in [6.45, 7) is 1.97. The van der Waals surface area contributed by atoms with Gasteiger partial charge >= 0.3 is 0 Å². The molecule has 0 heterocycles. The van der Waals surface area contributed by atoms with Gasteiger partial charge in [0.1, 0.15) is 4.33 Å². The third-order valence-corrected chi connectivity index (χ3v) is 7.75. The normalized spacial score (nSPS) is 18.1. The van der Waals surface area contributed by atoms with Gasteiger partial charge in [0.15, 0.2) is 5.78 Å². The Bertz CT molecular complexity index is 1300. The molecule has 2 unspecified atom stereocenters. The van der Waals surface area contributed by atoms with Crippen molar-refractivity contribution >= 4 is 81.1 Å². The molecular weight excluding hydrogens is 550 g/mol. The van der Waals surface area contributed by atoms with Gasteiger partial charge < -0.3 is 10.6 Å². The molecule has 1 aliphatic carbocycles. The Morgan fingerprint density at radius 1 is 0.943 bits per heavy atom. The van der Waals surface area contributed by atoms with E-state index in [4.69, 9.17) is 58.0 Å². The molecule has 3 aromatic carbocycles. The molecule has 35 heavy (non-hydrogen) atoms. The number of rotatable bonds is 7. The molecule has 1 fully saturated rings. The number of anilines is 2. The molecule has 9 heteroatoms. The third kappa shape index (κ3) is 5.58. The summed E-state index contributed by atoms with van der Waals surface area (Å²) in [5, 5.41) is 7.07. The lowest BCUT2D eigenvalue weighted by molar-refractivity contribution is -0.117. The van der Waals surface area contributed by atoms with Crippen molar-refractivity contribution < 1.29 is 9.59 Å². The van der Waals surface area contributed by atoms with Gasteiger partial charge in [-0.3, -0.25) is 9.59 Å². The highest BCUT2D eigenvalue weighted by Crippen LogP contribution is 2.65. The van der Waals surface area contributed by atoms with E-state index in [1.54, 1.807) is 36.4 Å². The zero-order valence-corrected chi connectivity index (χ0v) is 22.5. The predicted octanol–water partition coefficient (Wildman–Crippen LogP) is 7.95. The van der Waals surface area contributed by atoms with Crippen LogP contribution in [0, 0.1) is 12.8 Å². The standard InChI is InChI=1S/C26H21Cl5N2O2/c1-13-7-14(3-6-21(13)32-2)8-22(34)19-12-18(4-5-20(19)29)33-25(35)24-23(26(24,30)31)15-9-16(27)11-17(28)10-15/h3-7,9-12,23-24,32H,8H2,1-2H3,(H,33,35). The van der Waals surface area contributed by atoms with Crippen LogP contribution in [0.15, 0.2) is 54.6 Å². The summed E-state index contributed by atoms with van der Waals surface area (Å²) in [6, 6.07) is 15.5. The Morgan fingerprint density at radius 3 is 2.26 bits per heavy atom. The maximum atomic E-state index is 13.0. The fraction of sp³-hybridized carbons (Fsp3) is 0.231. The molecule has 0 spiro atoms. The summed E-state index contributed by atoms with van der Waals surface area (Å²) < 4.78 is -1.31. The first kappa shape index (κ1) is 26.1. The van der Waals surface area contributed by atoms with Gasteiger partial charge in [-0.05, 0) is 66.1 Å². The molecular formula is C26H21Cl5N2O2. The largest absolute Gasteiger partial charge is 0.388 e. The van der Waals surface area contributed by atoms with E-state index >= 15 is 0 Å². The van der Waals surface area contributed by atoms with Crippen LogP contribution in [0.1, 0.15) is 33.0 Å². The molecule has 0 saturated heterocycles. The summed E-state index contributed by atoms with van der Waals surface area (Å²) in [6.07, 6.45) is 0.175. The minimum Gasteiger partial charge on any atom is -0.388 e. The highest BCUT2D eigenvalue weighted by Gasteiger charge is 2.67. The first-order chi connectivity index (χ1) is 16.5. The van der Waals surface area contributed by atoms with Crippen LogP contribution < -0.4 is 10.6 Å². The second kappa shape index (κ2) is 10.2. The summed E-state index contributed by atoms with van der Waals surface area (Å²) in [4.78, 5) is 26.0. The predicted molar refractivity (Wildman–Crippen MR) is 146 cm³/mol. The van der Waals surface area contributed by atoms with E-state index in [0.29, 0.717) is 31.9 Å². The second-order valence-electron chi connectivity index (χ2n) is 8.52. The lowest BCUT2D eigenvalue weighted by Crippen LogP contribution is -2.17. The van der Waals surface area contributed by atoms with Crippen molar-refractivity contribution in [3.05, 3.63) is 91.9 Å². The van der Waals surface area contributed by atoms with Crippen LogP contribution in [0.25, 0.3) is 0 Å². The van der Waals surface area contributed by atoms with E-state index in [1.165, 1.54) is 0 Å². The van der Waals surface area contributed by atoms with Crippen LogP contribution in [-0.2, 0) is 11.2 Å². The van der Waals surface area contributed by atoms with Crippen LogP contribution in [0.2, 0.25) is 15.1 Å². The number of hydrogen-bond acceptors (Lipinski definition) is 3. The Kier molecular flexibility index (Phi) is 7.61. The molecule has 0 bridgehead atoms. The highest BCUT2D eigenvalue weighted by atomic mass is 35.5. The average molecular weight is 571 g/mol. The van der Waals surface area contributed by atoms with Crippen molar-refractivity contribution in [1.82, 2.24) is 0 Å². The van der Waals surface area contributed by atoms with Gasteiger partial charge in [0.25, 0.3) is 0 Å². The topological polar surface area (TPSA) is 58.2 Å². The molecule has 4 rings (SSSR count). The second-order valence-corrected chi connectivity index (χ2v) is 11.2. The van der Waals surface area contributed by atoms with Gasteiger partial charge in [-0.25, -0.2) is 0 Å². The van der Waals surface area contributed by atoms with Gasteiger partial charge in [-0.2, -0.15) is 0 Å². The number of carbonyl (C=O) groups is 2. The van der Waals surface area contributed by atoms with Crippen molar-refractivity contribution in [3.8, 4) is 0 Å². The maximum Gasteiger partial charge on any atom is 0.231 e. The number of hydrogen-bond donors (Lipinski definition) is 2. The average Bonchev–Trinajstić information content (AvgIpc) is 3.36.